The molecule has 66 valence electrons. The maximum Gasteiger partial charge on any atom is 0.0114 e. The number of hydroxylamine groups is 2. The van der Waals surface area contributed by atoms with E-state index in [1.807, 2.05) is 37.3 Å². The Morgan fingerprint density at radius 2 is 1.92 bits per heavy atom. The maximum absolute atomic E-state index is 11.1. The number of hydrogen-bond acceptors (Lipinski definition) is 2. The summed E-state index contributed by atoms with van der Waals surface area (Å²) < 4.78 is 0. The van der Waals surface area contributed by atoms with Crippen LogP contribution in [-0.2, 0) is 6.54 Å². The molecule has 1 rings (SSSR count). The minimum atomic E-state index is 0.509. The standard InChI is InChI=1S/C10H14NO/c1-2-8-11(12)9-10-6-4-3-5-7-10/h3-7H,2,8-9H2,1H3/q-1. The summed E-state index contributed by atoms with van der Waals surface area (Å²) in [5.74, 6) is 0. The molecule has 0 atom stereocenters. The van der Waals surface area contributed by atoms with E-state index in [9.17, 15) is 5.21 Å². The predicted octanol–water partition coefficient (Wildman–Crippen LogP) is 2.40. The van der Waals surface area contributed by atoms with E-state index in [2.05, 4.69) is 0 Å². The third-order valence-corrected chi connectivity index (χ3v) is 1.67. The maximum atomic E-state index is 11.1. The highest BCUT2D eigenvalue weighted by Gasteiger charge is 1.91. The molecule has 0 fully saturated rings. The Morgan fingerprint density at radius 3 is 2.50 bits per heavy atom. The number of nitrogens with zero attached hydrogens (tertiary/aromatic N) is 1. The van der Waals surface area contributed by atoms with Crippen LogP contribution in [0, 0.1) is 5.21 Å². The molecule has 1 aromatic carbocycles. The van der Waals surface area contributed by atoms with Crippen LogP contribution in [0.4, 0.5) is 0 Å². The molecule has 0 amide bonds. The lowest BCUT2D eigenvalue weighted by Gasteiger charge is -2.27. The van der Waals surface area contributed by atoms with Gasteiger partial charge in [-0.25, -0.2) is 0 Å². The lowest BCUT2D eigenvalue weighted by atomic mass is 10.2. The van der Waals surface area contributed by atoms with E-state index in [0.717, 1.165) is 17.0 Å². The molecule has 0 unspecified atom stereocenters. The van der Waals surface area contributed by atoms with Gasteiger partial charge in [0, 0.05) is 6.54 Å². The molecule has 0 heterocycles. The molecule has 0 aliphatic heterocycles. The summed E-state index contributed by atoms with van der Waals surface area (Å²) in [5, 5.41) is 12.2. The summed E-state index contributed by atoms with van der Waals surface area (Å²) in [7, 11) is 0. The average Bonchev–Trinajstić information content (AvgIpc) is 2.06. The summed E-state index contributed by atoms with van der Waals surface area (Å²) in [6, 6.07) is 9.81. The minimum Gasteiger partial charge on any atom is -0.785 e. The van der Waals surface area contributed by atoms with Gasteiger partial charge in [0.1, 0.15) is 0 Å². The molecule has 0 bridgehead atoms. The first-order chi connectivity index (χ1) is 5.83. The molecule has 0 saturated heterocycles. The Hall–Kier alpha value is -0.860. The SMILES string of the molecule is CCCN([O-])Cc1ccccc1. The second-order valence-corrected chi connectivity index (χ2v) is 2.85. The van der Waals surface area contributed by atoms with Crippen molar-refractivity contribution in [3.05, 3.63) is 41.1 Å². The van der Waals surface area contributed by atoms with E-state index >= 15 is 0 Å². The second-order valence-electron chi connectivity index (χ2n) is 2.85. The quantitative estimate of drug-likeness (QED) is 0.639. The van der Waals surface area contributed by atoms with Crippen molar-refractivity contribution >= 4 is 0 Å². The van der Waals surface area contributed by atoms with Crippen molar-refractivity contribution in [3.8, 4) is 0 Å². The van der Waals surface area contributed by atoms with Crippen molar-refractivity contribution in [2.45, 2.75) is 19.9 Å². The molecule has 0 aliphatic rings. The van der Waals surface area contributed by atoms with Gasteiger partial charge in [0.2, 0.25) is 0 Å². The van der Waals surface area contributed by atoms with E-state index in [0.29, 0.717) is 13.1 Å². The van der Waals surface area contributed by atoms with E-state index < -0.39 is 0 Å². The zero-order valence-electron chi connectivity index (χ0n) is 7.36. The fraction of sp³-hybridized carbons (Fsp3) is 0.400. The molecule has 0 aromatic heterocycles. The molecule has 0 aliphatic carbocycles. The molecule has 2 nitrogen and oxygen atoms in total. The van der Waals surface area contributed by atoms with E-state index in [1.165, 1.54) is 0 Å². The van der Waals surface area contributed by atoms with E-state index in [-0.39, 0.29) is 0 Å². The Kier molecular flexibility index (Phi) is 3.77. The molecule has 0 radical (unpaired) electrons. The molecule has 1 aromatic rings. The van der Waals surface area contributed by atoms with Crippen molar-refractivity contribution in [1.29, 1.82) is 0 Å². The average molecular weight is 164 g/mol. The largest absolute Gasteiger partial charge is 0.785 e. The Morgan fingerprint density at radius 1 is 1.25 bits per heavy atom. The first-order valence-corrected chi connectivity index (χ1v) is 4.29. The third kappa shape index (κ3) is 3.03. The minimum absolute atomic E-state index is 0.509. The predicted molar refractivity (Wildman–Crippen MR) is 50.5 cm³/mol. The lowest BCUT2D eigenvalue weighted by molar-refractivity contribution is 0.371. The Labute approximate surface area is 73.4 Å². The van der Waals surface area contributed by atoms with E-state index in [1.54, 1.807) is 0 Å². The molecule has 0 saturated carbocycles. The highest BCUT2D eigenvalue weighted by Crippen LogP contribution is 2.02. The molecule has 12 heavy (non-hydrogen) atoms. The zero-order chi connectivity index (χ0) is 8.81. The Bertz CT molecular complexity index is 210. The normalized spacial score (nSPS) is 10.6. The van der Waals surface area contributed by atoms with Crippen LogP contribution in [0.3, 0.4) is 0 Å². The van der Waals surface area contributed by atoms with Gasteiger partial charge in [-0.05, 0) is 18.5 Å². The number of rotatable bonds is 4. The molecular weight excluding hydrogens is 150 g/mol. The van der Waals surface area contributed by atoms with Crippen molar-refractivity contribution in [3.63, 3.8) is 0 Å². The molecule has 0 spiro atoms. The number of hydrogen-bond donors (Lipinski definition) is 0. The van der Waals surface area contributed by atoms with Crippen molar-refractivity contribution in [1.82, 2.24) is 5.06 Å². The van der Waals surface area contributed by atoms with Gasteiger partial charge < -0.3 is 10.3 Å². The monoisotopic (exact) mass is 164 g/mol. The highest BCUT2D eigenvalue weighted by atomic mass is 16.5. The molecular formula is C10H14NO-. The van der Waals surface area contributed by atoms with Crippen LogP contribution in [0.1, 0.15) is 18.9 Å². The summed E-state index contributed by atoms with van der Waals surface area (Å²) in [4.78, 5) is 0. The summed E-state index contributed by atoms with van der Waals surface area (Å²) in [6.45, 7) is 3.14. The van der Waals surface area contributed by atoms with Crippen molar-refractivity contribution < 1.29 is 0 Å². The fourth-order valence-corrected chi connectivity index (χ4v) is 1.12. The number of benzene rings is 1. The van der Waals surface area contributed by atoms with Crippen LogP contribution < -0.4 is 0 Å². The van der Waals surface area contributed by atoms with Gasteiger partial charge in [0.05, 0.1) is 0 Å². The summed E-state index contributed by atoms with van der Waals surface area (Å²) >= 11 is 0. The smallest absolute Gasteiger partial charge is 0.0114 e. The molecule has 0 N–H and O–H groups in total. The summed E-state index contributed by atoms with van der Waals surface area (Å²) in [5.41, 5.74) is 1.08. The van der Waals surface area contributed by atoms with Crippen LogP contribution in [0.2, 0.25) is 0 Å². The first-order valence-electron chi connectivity index (χ1n) is 4.29. The van der Waals surface area contributed by atoms with Crippen LogP contribution in [0.25, 0.3) is 0 Å². The van der Waals surface area contributed by atoms with Gasteiger partial charge in [0.15, 0.2) is 0 Å². The first kappa shape index (κ1) is 9.23. The van der Waals surface area contributed by atoms with E-state index in [4.69, 9.17) is 0 Å². The highest BCUT2D eigenvalue weighted by molar-refractivity contribution is 5.14. The van der Waals surface area contributed by atoms with Gasteiger partial charge in [-0.2, -0.15) is 0 Å². The third-order valence-electron chi connectivity index (χ3n) is 1.67. The van der Waals surface area contributed by atoms with Gasteiger partial charge in [0.25, 0.3) is 0 Å². The topological polar surface area (TPSA) is 26.3 Å². The zero-order valence-corrected chi connectivity index (χ0v) is 7.36. The molecule has 2 heteroatoms. The van der Waals surface area contributed by atoms with Crippen molar-refractivity contribution in [2.24, 2.45) is 0 Å². The Balaban J connectivity index is 2.41. The van der Waals surface area contributed by atoms with Crippen LogP contribution in [0.15, 0.2) is 30.3 Å². The van der Waals surface area contributed by atoms with Gasteiger partial charge in [-0.15, -0.1) is 0 Å². The summed E-state index contributed by atoms with van der Waals surface area (Å²) in [6.07, 6.45) is 0.913. The fourth-order valence-electron chi connectivity index (χ4n) is 1.12. The van der Waals surface area contributed by atoms with Crippen LogP contribution >= 0.6 is 0 Å². The van der Waals surface area contributed by atoms with Crippen molar-refractivity contribution in [2.75, 3.05) is 6.54 Å². The van der Waals surface area contributed by atoms with Gasteiger partial charge in [-0.3, -0.25) is 0 Å². The lowest BCUT2D eigenvalue weighted by Crippen LogP contribution is -2.16. The van der Waals surface area contributed by atoms with Gasteiger partial charge in [-0.1, -0.05) is 37.3 Å². The van der Waals surface area contributed by atoms with Gasteiger partial charge >= 0.3 is 0 Å². The van der Waals surface area contributed by atoms with Crippen LogP contribution in [-0.4, -0.2) is 11.6 Å². The second kappa shape index (κ2) is 4.91. The van der Waals surface area contributed by atoms with Crippen LogP contribution in [0.5, 0.6) is 0 Å².